The Morgan fingerprint density at radius 2 is 2.05 bits per heavy atom. The predicted octanol–water partition coefficient (Wildman–Crippen LogP) is 1.18. The summed E-state index contributed by atoms with van der Waals surface area (Å²) in [4.78, 5) is 25.1. The molecule has 1 fully saturated rings. The maximum atomic E-state index is 12.5. The number of hydrogen-bond acceptors (Lipinski definition) is 4. The molecule has 2 rings (SSSR count). The van der Waals surface area contributed by atoms with E-state index in [1.165, 1.54) is 16.7 Å². The molecule has 2 atom stereocenters. The van der Waals surface area contributed by atoms with E-state index < -0.39 is 12.0 Å². The van der Waals surface area contributed by atoms with E-state index in [2.05, 4.69) is 0 Å². The molecular weight excluding hydrogens is 276 g/mol. The van der Waals surface area contributed by atoms with Crippen LogP contribution in [0.3, 0.4) is 0 Å². The lowest BCUT2D eigenvalue weighted by Crippen LogP contribution is -2.44. The van der Waals surface area contributed by atoms with Crippen molar-refractivity contribution in [3.63, 3.8) is 0 Å². The minimum atomic E-state index is -0.949. The third-order valence-corrected chi connectivity index (χ3v) is 4.59. The van der Waals surface area contributed by atoms with Crippen molar-refractivity contribution in [3.8, 4) is 0 Å². The Morgan fingerprint density at radius 1 is 1.40 bits per heavy atom. The van der Waals surface area contributed by atoms with Crippen LogP contribution in [0.25, 0.3) is 0 Å². The molecule has 1 aromatic rings. The standard InChI is InChI=1S/C14H18N2O3S/c1-9-16(12(8-20-9)14(18)19)13(17)11-4-2-10(3-5-11)6-7-15/h2-5,9,12H,6-8,15H2,1H3,(H,18,19). The lowest BCUT2D eigenvalue weighted by Gasteiger charge is -2.25. The second kappa shape index (κ2) is 6.28. The molecule has 5 nitrogen and oxygen atoms in total. The number of carbonyl (C=O) groups excluding carboxylic acids is 1. The van der Waals surface area contributed by atoms with Crippen LogP contribution in [-0.2, 0) is 11.2 Å². The number of carboxylic acids is 1. The Labute approximate surface area is 122 Å². The monoisotopic (exact) mass is 294 g/mol. The van der Waals surface area contributed by atoms with Crippen molar-refractivity contribution in [3.05, 3.63) is 35.4 Å². The average Bonchev–Trinajstić information content (AvgIpc) is 2.81. The predicted molar refractivity (Wildman–Crippen MR) is 78.7 cm³/mol. The Morgan fingerprint density at radius 3 is 2.60 bits per heavy atom. The SMILES string of the molecule is CC1SCC(C(=O)O)N1C(=O)c1ccc(CCN)cc1. The lowest BCUT2D eigenvalue weighted by molar-refractivity contribution is -0.141. The molecular formula is C14H18N2O3S. The topological polar surface area (TPSA) is 83.6 Å². The molecule has 1 aliphatic rings. The summed E-state index contributed by atoms with van der Waals surface area (Å²) in [5.74, 6) is -0.739. The number of nitrogens with zero attached hydrogens (tertiary/aromatic N) is 1. The zero-order valence-corrected chi connectivity index (χ0v) is 12.1. The Bertz CT molecular complexity index is 504. The summed E-state index contributed by atoms with van der Waals surface area (Å²) in [5, 5.41) is 9.07. The van der Waals surface area contributed by atoms with Crippen LogP contribution in [0.4, 0.5) is 0 Å². The molecule has 0 spiro atoms. The fourth-order valence-corrected chi connectivity index (χ4v) is 3.44. The van der Waals surface area contributed by atoms with Gasteiger partial charge in [-0.05, 0) is 37.6 Å². The van der Waals surface area contributed by atoms with Crippen LogP contribution in [0.15, 0.2) is 24.3 Å². The largest absolute Gasteiger partial charge is 0.480 e. The van der Waals surface area contributed by atoms with E-state index in [4.69, 9.17) is 5.73 Å². The molecule has 1 heterocycles. The summed E-state index contributed by atoms with van der Waals surface area (Å²) < 4.78 is 0. The second-order valence-electron chi connectivity index (χ2n) is 4.73. The van der Waals surface area contributed by atoms with Gasteiger partial charge in [-0.15, -0.1) is 11.8 Å². The molecule has 3 N–H and O–H groups in total. The van der Waals surface area contributed by atoms with Crippen LogP contribution in [-0.4, -0.2) is 45.6 Å². The van der Waals surface area contributed by atoms with Gasteiger partial charge in [-0.1, -0.05) is 12.1 Å². The molecule has 1 amide bonds. The number of aliphatic carboxylic acids is 1. The van der Waals surface area contributed by atoms with Crippen molar-refractivity contribution in [2.75, 3.05) is 12.3 Å². The van der Waals surface area contributed by atoms with Gasteiger partial charge >= 0.3 is 5.97 Å². The molecule has 0 aromatic heterocycles. The normalized spacial score (nSPS) is 22.0. The van der Waals surface area contributed by atoms with Gasteiger partial charge in [0.2, 0.25) is 0 Å². The van der Waals surface area contributed by atoms with Crippen LogP contribution in [0, 0.1) is 0 Å². The van der Waals surface area contributed by atoms with E-state index >= 15 is 0 Å². The minimum Gasteiger partial charge on any atom is -0.480 e. The number of benzene rings is 1. The Kier molecular flexibility index (Phi) is 4.67. The summed E-state index contributed by atoms with van der Waals surface area (Å²) in [6, 6.07) is 6.46. The van der Waals surface area contributed by atoms with Crippen LogP contribution in [0.1, 0.15) is 22.8 Å². The number of hydrogen-bond donors (Lipinski definition) is 2. The highest BCUT2D eigenvalue weighted by molar-refractivity contribution is 8.00. The van der Waals surface area contributed by atoms with Gasteiger partial charge in [0, 0.05) is 11.3 Å². The molecule has 108 valence electrons. The van der Waals surface area contributed by atoms with Gasteiger partial charge in [0.1, 0.15) is 6.04 Å². The molecule has 0 bridgehead atoms. The summed E-state index contributed by atoms with van der Waals surface area (Å²) in [5.41, 5.74) is 7.08. The van der Waals surface area contributed by atoms with Crippen LogP contribution in [0.2, 0.25) is 0 Å². The fraction of sp³-hybridized carbons (Fsp3) is 0.429. The van der Waals surface area contributed by atoms with Gasteiger partial charge in [0.25, 0.3) is 5.91 Å². The summed E-state index contributed by atoms with van der Waals surface area (Å²) >= 11 is 1.48. The third-order valence-electron chi connectivity index (χ3n) is 3.38. The maximum Gasteiger partial charge on any atom is 0.327 e. The van der Waals surface area contributed by atoms with E-state index in [9.17, 15) is 14.7 Å². The van der Waals surface area contributed by atoms with Crippen LogP contribution < -0.4 is 5.73 Å². The van der Waals surface area contributed by atoms with Gasteiger partial charge in [-0.2, -0.15) is 0 Å². The van der Waals surface area contributed by atoms with Crippen molar-refractivity contribution in [2.45, 2.75) is 24.8 Å². The molecule has 6 heteroatoms. The number of carboxylic acid groups (broad SMARTS) is 1. The lowest BCUT2D eigenvalue weighted by atomic mass is 10.1. The first-order valence-electron chi connectivity index (χ1n) is 6.50. The molecule has 0 saturated carbocycles. The first-order valence-corrected chi connectivity index (χ1v) is 7.55. The zero-order chi connectivity index (χ0) is 14.7. The van der Waals surface area contributed by atoms with Crippen molar-refractivity contribution in [1.29, 1.82) is 0 Å². The van der Waals surface area contributed by atoms with Crippen molar-refractivity contribution < 1.29 is 14.7 Å². The molecule has 1 aromatic carbocycles. The number of nitrogens with two attached hydrogens (primary N) is 1. The highest BCUT2D eigenvalue weighted by Gasteiger charge is 2.39. The number of rotatable bonds is 4. The Balaban J connectivity index is 2.19. The van der Waals surface area contributed by atoms with Crippen molar-refractivity contribution >= 4 is 23.6 Å². The third kappa shape index (κ3) is 2.96. The molecule has 1 saturated heterocycles. The van der Waals surface area contributed by atoms with E-state index in [-0.39, 0.29) is 11.3 Å². The van der Waals surface area contributed by atoms with Crippen molar-refractivity contribution in [2.24, 2.45) is 5.73 Å². The number of amides is 1. The average molecular weight is 294 g/mol. The van der Waals surface area contributed by atoms with E-state index in [0.29, 0.717) is 17.9 Å². The fourth-order valence-electron chi connectivity index (χ4n) is 2.27. The van der Waals surface area contributed by atoms with Gasteiger partial charge in [-0.25, -0.2) is 4.79 Å². The van der Waals surface area contributed by atoms with Gasteiger partial charge in [0.05, 0.1) is 5.37 Å². The summed E-state index contributed by atoms with van der Waals surface area (Å²) in [6.07, 6.45) is 0.766. The van der Waals surface area contributed by atoms with Crippen molar-refractivity contribution in [1.82, 2.24) is 4.90 Å². The summed E-state index contributed by atoms with van der Waals surface area (Å²) in [7, 11) is 0. The molecule has 1 aliphatic heterocycles. The first kappa shape index (κ1) is 14.9. The molecule has 0 aliphatic carbocycles. The smallest absolute Gasteiger partial charge is 0.327 e. The molecule has 0 radical (unpaired) electrons. The van der Waals surface area contributed by atoms with Crippen LogP contribution in [0.5, 0.6) is 0 Å². The van der Waals surface area contributed by atoms with Gasteiger partial charge < -0.3 is 15.7 Å². The zero-order valence-electron chi connectivity index (χ0n) is 11.3. The van der Waals surface area contributed by atoms with E-state index in [1.54, 1.807) is 12.1 Å². The minimum absolute atomic E-state index is 0.118. The molecule has 2 unspecified atom stereocenters. The first-order chi connectivity index (χ1) is 9.54. The number of carbonyl (C=O) groups is 2. The van der Waals surface area contributed by atoms with Gasteiger partial charge in [-0.3, -0.25) is 4.79 Å². The highest BCUT2D eigenvalue weighted by Crippen LogP contribution is 2.30. The van der Waals surface area contributed by atoms with Crippen LogP contribution >= 0.6 is 11.8 Å². The van der Waals surface area contributed by atoms with E-state index in [1.807, 2.05) is 19.1 Å². The maximum absolute atomic E-state index is 12.5. The number of thioether (sulfide) groups is 1. The van der Waals surface area contributed by atoms with E-state index in [0.717, 1.165) is 12.0 Å². The highest BCUT2D eigenvalue weighted by atomic mass is 32.2. The molecule has 20 heavy (non-hydrogen) atoms. The quantitative estimate of drug-likeness (QED) is 0.871. The summed E-state index contributed by atoms with van der Waals surface area (Å²) in [6.45, 7) is 2.42. The Hall–Kier alpha value is -1.53. The second-order valence-corrected chi connectivity index (χ2v) is 6.08. The van der Waals surface area contributed by atoms with Gasteiger partial charge in [0.15, 0.2) is 0 Å².